The van der Waals surface area contributed by atoms with Crippen molar-refractivity contribution in [1.82, 2.24) is 0 Å². The monoisotopic (exact) mass is 558 g/mol. The van der Waals surface area contributed by atoms with E-state index >= 15 is 0 Å². The number of hydrogen-bond acceptors (Lipinski definition) is 5. The predicted molar refractivity (Wildman–Crippen MR) is 132 cm³/mol. The molecule has 9 heteroatoms. The maximum atomic E-state index is 7.64. The Morgan fingerprint density at radius 2 is 1.41 bits per heavy atom. The Bertz CT molecular complexity index is 777. The van der Waals surface area contributed by atoms with Crippen LogP contribution in [0.25, 0.3) is 0 Å². The van der Waals surface area contributed by atoms with Gasteiger partial charge in [0.2, 0.25) is 0 Å². The number of methoxy groups -OCH3 is 2. The van der Waals surface area contributed by atoms with Crippen LogP contribution in [0.4, 0.5) is 0 Å². The van der Waals surface area contributed by atoms with Crippen molar-refractivity contribution in [3.63, 3.8) is 0 Å². The number of hydrogen-bond donors (Lipinski definition) is 2. The number of rotatable bonds is 4. The first kappa shape index (κ1) is 26.3. The summed E-state index contributed by atoms with van der Waals surface area (Å²) in [6, 6.07) is 10.4. The van der Waals surface area contributed by atoms with Gasteiger partial charge in [-0.3, -0.25) is 5.41 Å². The van der Waals surface area contributed by atoms with Crippen molar-refractivity contribution < 1.29 is 9.47 Å². The molecule has 27 heavy (non-hydrogen) atoms. The van der Waals surface area contributed by atoms with Crippen molar-refractivity contribution in [1.29, 1.82) is 5.41 Å². The molecule has 0 radical (unpaired) electrons. The first-order chi connectivity index (χ1) is 12.8. The summed E-state index contributed by atoms with van der Waals surface area (Å²) in [6.07, 6.45) is 1.85. The van der Waals surface area contributed by atoms with Crippen molar-refractivity contribution in [2.75, 3.05) is 25.4 Å². The Labute approximate surface area is 193 Å². The van der Waals surface area contributed by atoms with E-state index in [0.717, 1.165) is 5.56 Å². The summed E-state index contributed by atoms with van der Waals surface area (Å²) < 4.78 is 10.1. The zero-order chi connectivity index (χ0) is 21.0. The highest BCUT2D eigenvalue weighted by Gasteiger charge is 2.08. The van der Waals surface area contributed by atoms with E-state index in [2.05, 4.69) is 22.6 Å². The normalized spacial score (nSPS) is 9.15. The molecule has 0 fully saturated rings. The molecule has 0 saturated carbocycles. The lowest BCUT2D eigenvalue weighted by atomic mass is 10.2. The molecule has 2 rings (SSSR count). The van der Waals surface area contributed by atoms with Crippen LogP contribution in [0.15, 0.2) is 36.4 Å². The standard InChI is InChI=1S/C9H10ClNOS.C8H8ClNOS.CH3I/c1-12-8-4-3-6(10)5-7(8)9(11)13-2;1-11-7-3-2-5(9)4-6(7)8(10)12;1-2/h3-5,11H,1-2H3;2-4H,1H3,(H2,10,12);1H3. The Kier molecular flexibility index (Phi) is 13.9. The van der Waals surface area contributed by atoms with Gasteiger partial charge in [0.15, 0.2) is 0 Å². The summed E-state index contributed by atoms with van der Waals surface area (Å²) in [7, 11) is 3.14. The minimum atomic E-state index is 0.286. The van der Waals surface area contributed by atoms with E-state index in [1.54, 1.807) is 50.6 Å². The summed E-state index contributed by atoms with van der Waals surface area (Å²) >= 11 is 19.9. The first-order valence-corrected chi connectivity index (χ1v) is 11.9. The third kappa shape index (κ3) is 8.87. The fourth-order valence-electron chi connectivity index (χ4n) is 1.84. The van der Waals surface area contributed by atoms with E-state index in [-0.39, 0.29) is 4.99 Å². The largest absolute Gasteiger partial charge is 0.496 e. The predicted octanol–water partition coefficient (Wildman–Crippen LogP) is 6.07. The molecule has 148 valence electrons. The number of benzene rings is 2. The van der Waals surface area contributed by atoms with E-state index < -0.39 is 0 Å². The third-order valence-electron chi connectivity index (χ3n) is 3.04. The fraction of sp³-hybridized carbons (Fsp3) is 0.222. The minimum Gasteiger partial charge on any atom is -0.496 e. The molecule has 0 spiro atoms. The zero-order valence-corrected chi connectivity index (χ0v) is 20.6. The molecule has 0 saturated heterocycles. The Morgan fingerprint density at radius 1 is 1.00 bits per heavy atom. The Hall–Kier alpha value is -0.740. The smallest absolute Gasteiger partial charge is 0.129 e. The van der Waals surface area contributed by atoms with E-state index in [9.17, 15) is 0 Å². The maximum absolute atomic E-state index is 7.64. The summed E-state index contributed by atoms with van der Waals surface area (Å²) in [5.74, 6) is 1.33. The lowest BCUT2D eigenvalue weighted by molar-refractivity contribution is 0.414. The molecule has 0 aliphatic heterocycles. The highest BCUT2D eigenvalue weighted by Crippen LogP contribution is 2.25. The lowest BCUT2D eigenvalue weighted by Gasteiger charge is -2.07. The summed E-state index contributed by atoms with van der Waals surface area (Å²) in [5.41, 5.74) is 6.86. The van der Waals surface area contributed by atoms with Crippen LogP contribution in [0.3, 0.4) is 0 Å². The van der Waals surface area contributed by atoms with Gasteiger partial charge in [-0.05, 0) is 47.6 Å². The second-order valence-electron chi connectivity index (χ2n) is 4.59. The number of ether oxygens (including phenoxy) is 2. The van der Waals surface area contributed by atoms with Crippen LogP contribution in [0.5, 0.6) is 11.5 Å². The molecule has 4 nitrogen and oxygen atoms in total. The molecule has 0 aliphatic rings. The topological polar surface area (TPSA) is 68.3 Å². The third-order valence-corrected chi connectivity index (χ3v) is 4.36. The van der Waals surface area contributed by atoms with Crippen molar-refractivity contribution in [2.24, 2.45) is 5.73 Å². The number of nitrogens with one attached hydrogen (secondary N) is 1. The molecule has 2 aromatic rings. The number of nitrogens with two attached hydrogens (primary N) is 1. The Balaban J connectivity index is 0.000000460. The number of thiocarbonyl (C=S) groups is 1. The molecule has 3 N–H and O–H groups in total. The van der Waals surface area contributed by atoms with Crippen molar-refractivity contribution >= 4 is 79.8 Å². The molecule has 0 atom stereocenters. The highest BCUT2D eigenvalue weighted by atomic mass is 127. The van der Waals surface area contributed by atoms with Crippen LogP contribution in [-0.2, 0) is 0 Å². The van der Waals surface area contributed by atoms with Gasteiger partial charge in [-0.1, -0.05) is 58.0 Å². The average molecular weight is 559 g/mol. The molecule has 0 aliphatic carbocycles. The van der Waals surface area contributed by atoms with E-state index in [0.29, 0.717) is 32.2 Å². The molecular weight excluding hydrogens is 538 g/mol. The van der Waals surface area contributed by atoms with Gasteiger partial charge in [0, 0.05) is 15.6 Å². The van der Waals surface area contributed by atoms with Crippen molar-refractivity contribution in [3.8, 4) is 11.5 Å². The molecule has 0 aromatic heterocycles. The van der Waals surface area contributed by atoms with E-state index in [1.165, 1.54) is 11.8 Å². The van der Waals surface area contributed by atoms with Gasteiger partial charge in [-0.25, -0.2) is 0 Å². The van der Waals surface area contributed by atoms with Gasteiger partial charge < -0.3 is 15.2 Å². The maximum Gasteiger partial charge on any atom is 0.129 e. The van der Waals surface area contributed by atoms with Crippen LogP contribution >= 0.6 is 69.8 Å². The van der Waals surface area contributed by atoms with Crippen molar-refractivity contribution in [3.05, 3.63) is 57.6 Å². The number of halogens is 3. The van der Waals surface area contributed by atoms with Crippen LogP contribution in [0, 0.1) is 5.41 Å². The fourth-order valence-corrected chi connectivity index (χ4v) is 2.72. The summed E-state index contributed by atoms with van der Waals surface area (Å²) in [6.45, 7) is 0. The molecule has 0 amide bonds. The van der Waals surface area contributed by atoms with Crippen LogP contribution in [-0.4, -0.2) is 35.4 Å². The highest BCUT2D eigenvalue weighted by molar-refractivity contribution is 14.1. The molecular formula is C18H21Cl2IN2O2S2. The molecule has 0 unspecified atom stereocenters. The quantitative estimate of drug-likeness (QED) is 0.157. The molecule has 2 aromatic carbocycles. The Morgan fingerprint density at radius 3 is 1.78 bits per heavy atom. The summed E-state index contributed by atoms with van der Waals surface area (Å²) in [5, 5.41) is 9.32. The van der Waals surface area contributed by atoms with Gasteiger partial charge in [0.1, 0.15) is 16.5 Å². The summed E-state index contributed by atoms with van der Waals surface area (Å²) in [4.78, 5) is 2.26. The van der Waals surface area contributed by atoms with Crippen LogP contribution in [0.1, 0.15) is 11.1 Å². The molecule has 0 heterocycles. The second kappa shape index (κ2) is 14.3. The van der Waals surface area contributed by atoms with E-state index in [1.807, 2.05) is 11.2 Å². The lowest BCUT2D eigenvalue weighted by Crippen LogP contribution is -2.10. The van der Waals surface area contributed by atoms with E-state index in [4.69, 9.17) is 56.0 Å². The van der Waals surface area contributed by atoms with Gasteiger partial charge in [0.25, 0.3) is 0 Å². The van der Waals surface area contributed by atoms with Gasteiger partial charge in [0.05, 0.1) is 24.8 Å². The SMILES string of the molecule is CI.COc1ccc(Cl)cc1C(=N)SC.COc1ccc(Cl)cc1C(N)=S. The van der Waals surface area contributed by atoms with Crippen LogP contribution < -0.4 is 15.2 Å². The van der Waals surface area contributed by atoms with Crippen LogP contribution in [0.2, 0.25) is 10.0 Å². The van der Waals surface area contributed by atoms with Crippen molar-refractivity contribution in [2.45, 2.75) is 0 Å². The number of alkyl halides is 1. The average Bonchev–Trinajstić information content (AvgIpc) is 2.69. The van der Waals surface area contributed by atoms with Gasteiger partial charge in [-0.15, -0.1) is 11.8 Å². The zero-order valence-electron chi connectivity index (χ0n) is 15.3. The minimum absolute atomic E-state index is 0.286. The first-order valence-electron chi connectivity index (χ1n) is 7.31. The number of thioether (sulfide) groups is 1. The second-order valence-corrected chi connectivity index (χ2v) is 6.72. The van der Waals surface area contributed by atoms with Gasteiger partial charge in [-0.2, -0.15) is 0 Å². The molecule has 0 bridgehead atoms. The van der Waals surface area contributed by atoms with Gasteiger partial charge >= 0.3 is 0 Å².